The molecule has 0 aliphatic rings. The number of carbonyl (C=O) groups is 1. The van der Waals surface area contributed by atoms with Crippen LogP contribution in [0.5, 0.6) is 5.75 Å². The van der Waals surface area contributed by atoms with Crippen LogP contribution in [-0.4, -0.2) is 31.4 Å². The first-order valence-electron chi connectivity index (χ1n) is 10.5. The van der Waals surface area contributed by atoms with Crippen molar-refractivity contribution in [2.75, 3.05) is 11.1 Å². The molecule has 0 bridgehead atoms. The van der Waals surface area contributed by atoms with Crippen molar-refractivity contribution in [3.8, 4) is 5.75 Å². The number of aromatic nitrogens is 4. The lowest BCUT2D eigenvalue weighted by molar-refractivity contribution is -0.113. The van der Waals surface area contributed by atoms with Crippen LogP contribution in [-0.2, 0) is 11.3 Å². The molecule has 0 saturated carbocycles. The number of carbonyl (C=O) groups excluding carboxylic acids is 1. The highest BCUT2D eigenvalue weighted by atomic mass is 32.2. The van der Waals surface area contributed by atoms with Crippen LogP contribution in [0, 0.1) is 11.7 Å². The van der Waals surface area contributed by atoms with E-state index in [0.29, 0.717) is 34.3 Å². The Bertz CT molecular complexity index is 1210. The van der Waals surface area contributed by atoms with Crippen LogP contribution in [0.3, 0.4) is 0 Å². The minimum absolute atomic E-state index is 0.157. The van der Waals surface area contributed by atoms with Crippen molar-refractivity contribution in [1.29, 1.82) is 0 Å². The van der Waals surface area contributed by atoms with E-state index < -0.39 is 6.10 Å². The zero-order valence-electron chi connectivity index (χ0n) is 18.5. The fourth-order valence-corrected chi connectivity index (χ4v) is 4.86. The van der Waals surface area contributed by atoms with Gasteiger partial charge in [0, 0.05) is 6.54 Å². The monoisotopic (exact) mass is 485 g/mol. The van der Waals surface area contributed by atoms with E-state index in [-0.39, 0.29) is 17.5 Å². The number of nitrogens with one attached hydrogen (secondary N) is 1. The van der Waals surface area contributed by atoms with E-state index in [9.17, 15) is 9.18 Å². The Morgan fingerprint density at radius 2 is 1.91 bits per heavy atom. The number of thioether (sulfide) groups is 1. The largest absolute Gasteiger partial charge is 0.483 e. The molecule has 4 rings (SSSR count). The summed E-state index contributed by atoms with van der Waals surface area (Å²) in [5.74, 6) is 1.25. The fraction of sp³-hybridized carbons (Fsp3) is 0.304. The molecule has 1 N–H and O–H groups in total. The third kappa shape index (κ3) is 5.88. The van der Waals surface area contributed by atoms with Crippen molar-refractivity contribution >= 4 is 44.4 Å². The summed E-state index contributed by atoms with van der Waals surface area (Å²) >= 11 is 2.76. The molecule has 0 aliphatic carbocycles. The third-order valence-electron chi connectivity index (χ3n) is 4.66. The quantitative estimate of drug-likeness (QED) is 0.313. The van der Waals surface area contributed by atoms with E-state index >= 15 is 0 Å². The van der Waals surface area contributed by atoms with Gasteiger partial charge in [-0.05, 0) is 49.2 Å². The molecule has 2 aromatic heterocycles. The number of thiazole rings is 1. The van der Waals surface area contributed by atoms with Crippen LogP contribution < -0.4 is 10.1 Å². The maximum absolute atomic E-state index is 13.2. The molecule has 1 amide bonds. The Hall–Kier alpha value is -2.98. The molecule has 7 nitrogen and oxygen atoms in total. The predicted molar refractivity (Wildman–Crippen MR) is 129 cm³/mol. The van der Waals surface area contributed by atoms with Crippen molar-refractivity contribution in [2.45, 2.75) is 38.6 Å². The Balaban J connectivity index is 1.43. The molecule has 0 radical (unpaired) electrons. The molecule has 1 atom stereocenters. The minimum Gasteiger partial charge on any atom is -0.483 e. The predicted octanol–water partition coefficient (Wildman–Crippen LogP) is 5.55. The zero-order valence-corrected chi connectivity index (χ0v) is 20.1. The third-order valence-corrected chi connectivity index (χ3v) is 6.57. The van der Waals surface area contributed by atoms with Gasteiger partial charge in [0.1, 0.15) is 11.6 Å². The van der Waals surface area contributed by atoms with Crippen LogP contribution >= 0.6 is 23.1 Å². The molecule has 2 aromatic carbocycles. The van der Waals surface area contributed by atoms with Gasteiger partial charge in [-0.15, -0.1) is 10.2 Å². The van der Waals surface area contributed by atoms with E-state index in [2.05, 4.69) is 34.3 Å². The Labute approximate surface area is 199 Å². The maximum atomic E-state index is 13.2. The second kappa shape index (κ2) is 10.3. The van der Waals surface area contributed by atoms with Gasteiger partial charge in [-0.25, -0.2) is 9.37 Å². The summed E-state index contributed by atoms with van der Waals surface area (Å²) in [6.07, 6.45) is -0.396. The number of para-hydroxylation sites is 1. The van der Waals surface area contributed by atoms with Gasteiger partial charge in [0.15, 0.2) is 22.2 Å². The lowest BCUT2D eigenvalue weighted by Gasteiger charge is -2.17. The summed E-state index contributed by atoms with van der Waals surface area (Å²) in [6, 6.07) is 13.6. The number of nitrogens with zero attached hydrogens (tertiary/aromatic N) is 4. The summed E-state index contributed by atoms with van der Waals surface area (Å²) < 4.78 is 22.1. The summed E-state index contributed by atoms with van der Waals surface area (Å²) in [6.45, 7) is 6.76. The van der Waals surface area contributed by atoms with Crippen molar-refractivity contribution in [2.24, 2.45) is 5.92 Å². The molecule has 1 unspecified atom stereocenters. The van der Waals surface area contributed by atoms with E-state index in [1.54, 1.807) is 12.1 Å². The molecule has 2 heterocycles. The van der Waals surface area contributed by atoms with Crippen molar-refractivity contribution < 1.29 is 13.9 Å². The first-order chi connectivity index (χ1) is 15.9. The molecule has 0 saturated heterocycles. The standard InChI is InChI=1S/C23H24FN5O2S2/c1-14(2)12-29-21(15(3)31-17-10-8-16(24)9-11-17)27-28-23(29)32-13-20(30)26-22-25-18-6-4-5-7-19(18)33-22/h4-11,14-15H,12-13H2,1-3H3,(H,25,26,30). The number of fused-ring (bicyclic) bond motifs is 1. The second-order valence-electron chi connectivity index (χ2n) is 7.88. The number of halogens is 1. The lowest BCUT2D eigenvalue weighted by Crippen LogP contribution is -2.17. The SMILES string of the molecule is CC(C)Cn1c(SCC(=O)Nc2nc3ccccc3s2)nnc1C(C)Oc1ccc(F)cc1. The van der Waals surface area contributed by atoms with Crippen LogP contribution in [0.15, 0.2) is 53.7 Å². The van der Waals surface area contributed by atoms with E-state index in [1.165, 1.54) is 35.2 Å². The first kappa shape index (κ1) is 23.2. The van der Waals surface area contributed by atoms with Gasteiger partial charge < -0.3 is 14.6 Å². The number of amides is 1. The topological polar surface area (TPSA) is 81.9 Å². The molecule has 172 valence electrons. The van der Waals surface area contributed by atoms with Gasteiger partial charge in [-0.3, -0.25) is 4.79 Å². The number of ether oxygens (including phenoxy) is 1. The summed E-state index contributed by atoms with van der Waals surface area (Å²) in [4.78, 5) is 17.0. The smallest absolute Gasteiger partial charge is 0.236 e. The fourth-order valence-electron chi connectivity index (χ4n) is 3.23. The molecule has 0 spiro atoms. The first-order valence-corrected chi connectivity index (χ1v) is 12.3. The van der Waals surface area contributed by atoms with Gasteiger partial charge in [-0.2, -0.15) is 0 Å². The second-order valence-corrected chi connectivity index (χ2v) is 9.86. The molecule has 0 aliphatic heterocycles. The zero-order chi connectivity index (χ0) is 23.4. The van der Waals surface area contributed by atoms with Crippen molar-refractivity contribution in [3.05, 3.63) is 60.2 Å². The summed E-state index contributed by atoms with van der Waals surface area (Å²) in [7, 11) is 0. The number of hydrogen-bond donors (Lipinski definition) is 1. The molecule has 10 heteroatoms. The maximum Gasteiger partial charge on any atom is 0.236 e. The van der Waals surface area contributed by atoms with Gasteiger partial charge in [0.2, 0.25) is 5.91 Å². The number of benzene rings is 2. The molecule has 0 fully saturated rings. The Morgan fingerprint density at radius 3 is 2.64 bits per heavy atom. The average Bonchev–Trinajstić information content (AvgIpc) is 3.36. The number of hydrogen-bond acceptors (Lipinski definition) is 7. The highest BCUT2D eigenvalue weighted by molar-refractivity contribution is 7.99. The molecular formula is C23H24FN5O2S2. The molecule has 33 heavy (non-hydrogen) atoms. The number of rotatable bonds is 9. The molecular weight excluding hydrogens is 461 g/mol. The Kier molecular flexibility index (Phi) is 7.24. The van der Waals surface area contributed by atoms with Gasteiger partial charge in [0.05, 0.1) is 16.0 Å². The van der Waals surface area contributed by atoms with Gasteiger partial charge in [-0.1, -0.05) is 49.1 Å². The van der Waals surface area contributed by atoms with Crippen LogP contribution in [0.1, 0.15) is 32.7 Å². The minimum atomic E-state index is -0.396. The van der Waals surface area contributed by atoms with E-state index in [4.69, 9.17) is 4.74 Å². The van der Waals surface area contributed by atoms with Gasteiger partial charge in [0.25, 0.3) is 0 Å². The Morgan fingerprint density at radius 1 is 1.15 bits per heavy atom. The highest BCUT2D eigenvalue weighted by Gasteiger charge is 2.21. The highest BCUT2D eigenvalue weighted by Crippen LogP contribution is 2.27. The number of anilines is 1. The van der Waals surface area contributed by atoms with Gasteiger partial charge >= 0.3 is 0 Å². The lowest BCUT2D eigenvalue weighted by atomic mass is 10.2. The van der Waals surface area contributed by atoms with Crippen molar-refractivity contribution in [3.63, 3.8) is 0 Å². The summed E-state index contributed by atoms with van der Waals surface area (Å²) in [5.41, 5.74) is 0.863. The summed E-state index contributed by atoms with van der Waals surface area (Å²) in [5, 5.41) is 12.7. The van der Waals surface area contributed by atoms with Crippen LogP contribution in [0.4, 0.5) is 9.52 Å². The molecule has 4 aromatic rings. The van der Waals surface area contributed by atoms with E-state index in [0.717, 1.165) is 10.2 Å². The normalized spacial score (nSPS) is 12.3. The van der Waals surface area contributed by atoms with Crippen LogP contribution in [0.2, 0.25) is 0 Å². The van der Waals surface area contributed by atoms with E-state index in [1.807, 2.05) is 35.8 Å². The van der Waals surface area contributed by atoms with Crippen LogP contribution in [0.25, 0.3) is 10.2 Å². The van der Waals surface area contributed by atoms with Crippen molar-refractivity contribution in [1.82, 2.24) is 19.7 Å². The average molecular weight is 486 g/mol.